The van der Waals surface area contributed by atoms with Gasteiger partial charge in [-0.1, -0.05) is 6.07 Å². The summed E-state index contributed by atoms with van der Waals surface area (Å²) in [5, 5.41) is 3.42. The molecule has 3 rings (SSSR count). The third-order valence-electron chi connectivity index (χ3n) is 3.51. The van der Waals surface area contributed by atoms with Crippen LogP contribution in [-0.2, 0) is 6.54 Å². The van der Waals surface area contributed by atoms with E-state index >= 15 is 0 Å². The summed E-state index contributed by atoms with van der Waals surface area (Å²) in [4.78, 5) is 4.63. The van der Waals surface area contributed by atoms with Crippen LogP contribution in [-0.4, -0.2) is 22.6 Å². The van der Waals surface area contributed by atoms with Gasteiger partial charge in [-0.3, -0.25) is 0 Å². The highest BCUT2D eigenvalue weighted by Crippen LogP contribution is 2.26. The average molecular weight is 294 g/mol. The van der Waals surface area contributed by atoms with Crippen LogP contribution in [0.3, 0.4) is 0 Å². The van der Waals surface area contributed by atoms with E-state index in [1.807, 2.05) is 6.07 Å². The lowest BCUT2D eigenvalue weighted by Gasteiger charge is -2.12. The van der Waals surface area contributed by atoms with Crippen molar-refractivity contribution in [3.63, 3.8) is 0 Å². The summed E-state index contributed by atoms with van der Waals surface area (Å²) in [6.07, 6.45) is 1.27. The Morgan fingerprint density at radius 3 is 3.18 bits per heavy atom. The molecule has 1 aliphatic heterocycles. The Balaban J connectivity index is 2.04. The van der Waals surface area contributed by atoms with Gasteiger partial charge < -0.3 is 9.88 Å². The molecule has 0 spiro atoms. The lowest BCUT2D eigenvalue weighted by Crippen LogP contribution is -2.15. The van der Waals surface area contributed by atoms with E-state index < -0.39 is 0 Å². The van der Waals surface area contributed by atoms with Crippen LogP contribution >= 0.6 is 15.9 Å². The first-order valence-electron chi connectivity index (χ1n) is 6.08. The van der Waals surface area contributed by atoms with Gasteiger partial charge in [0.25, 0.3) is 0 Å². The summed E-state index contributed by atoms with van der Waals surface area (Å²) in [7, 11) is 0. The summed E-state index contributed by atoms with van der Waals surface area (Å²) in [5.41, 5.74) is 2.32. The van der Waals surface area contributed by atoms with E-state index in [2.05, 4.69) is 49.9 Å². The fourth-order valence-corrected chi connectivity index (χ4v) is 3.18. The fourth-order valence-electron chi connectivity index (χ4n) is 2.61. The minimum atomic E-state index is 0.734. The zero-order valence-electron chi connectivity index (χ0n) is 9.91. The van der Waals surface area contributed by atoms with Gasteiger partial charge in [0, 0.05) is 11.0 Å². The number of halogens is 1. The van der Waals surface area contributed by atoms with Crippen molar-refractivity contribution in [3.8, 4) is 0 Å². The van der Waals surface area contributed by atoms with Gasteiger partial charge in [0.15, 0.2) is 0 Å². The predicted octanol–water partition coefficient (Wildman–Crippen LogP) is 2.72. The quantitative estimate of drug-likeness (QED) is 0.923. The third kappa shape index (κ3) is 2.00. The lowest BCUT2D eigenvalue weighted by molar-refractivity contribution is 0.482. The third-order valence-corrected chi connectivity index (χ3v) is 4.15. The number of imidazole rings is 1. The van der Waals surface area contributed by atoms with Crippen LogP contribution in [0.15, 0.2) is 22.7 Å². The van der Waals surface area contributed by atoms with E-state index in [9.17, 15) is 0 Å². The zero-order chi connectivity index (χ0) is 11.8. The highest BCUT2D eigenvalue weighted by molar-refractivity contribution is 9.10. The van der Waals surface area contributed by atoms with Gasteiger partial charge in [0.1, 0.15) is 5.82 Å². The van der Waals surface area contributed by atoms with Crippen molar-refractivity contribution >= 4 is 27.0 Å². The number of benzene rings is 1. The Labute approximate surface area is 109 Å². The van der Waals surface area contributed by atoms with Crippen molar-refractivity contribution in [3.05, 3.63) is 28.5 Å². The molecule has 90 valence electrons. The first-order valence-corrected chi connectivity index (χ1v) is 6.87. The Morgan fingerprint density at radius 1 is 1.53 bits per heavy atom. The van der Waals surface area contributed by atoms with Crippen LogP contribution < -0.4 is 5.32 Å². The second kappa shape index (κ2) is 4.42. The largest absolute Gasteiger partial charge is 0.327 e. The number of hydrogen-bond acceptors (Lipinski definition) is 2. The number of nitrogens with zero attached hydrogens (tertiary/aromatic N) is 2. The van der Waals surface area contributed by atoms with Crippen molar-refractivity contribution in [2.24, 2.45) is 5.92 Å². The van der Waals surface area contributed by atoms with E-state index in [0.717, 1.165) is 41.4 Å². The van der Waals surface area contributed by atoms with Crippen LogP contribution in [0.5, 0.6) is 0 Å². The Morgan fingerprint density at radius 2 is 2.41 bits per heavy atom. The second-order valence-electron chi connectivity index (χ2n) is 4.74. The molecule has 1 aromatic carbocycles. The standard InChI is InChI=1S/C13H16BrN3/c1-9-16-12-4-2-3-11(14)13(12)17(9)8-10-5-6-15-7-10/h2-4,10,15H,5-8H2,1H3. The fraction of sp³-hybridized carbons (Fsp3) is 0.462. The molecule has 1 aromatic heterocycles. The first-order chi connectivity index (χ1) is 8.25. The predicted molar refractivity (Wildman–Crippen MR) is 73.1 cm³/mol. The van der Waals surface area contributed by atoms with E-state index in [4.69, 9.17) is 0 Å². The number of hydrogen-bond donors (Lipinski definition) is 1. The molecule has 3 nitrogen and oxygen atoms in total. The van der Waals surface area contributed by atoms with Crippen molar-refractivity contribution in [1.82, 2.24) is 14.9 Å². The van der Waals surface area contributed by atoms with E-state index in [1.165, 1.54) is 11.9 Å². The first kappa shape index (κ1) is 11.2. The molecule has 0 radical (unpaired) electrons. The summed E-state index contributed by atoms with van der Waals surface area (Å²) in [6, 6.07) is 6.21. The average Bonchev–Trinajstić information content (AvgIpc) is 2.89. The smallest absolute Gasteiger partial charge is 0.106 e. The molecule has 1 atom stereocenters. The van der Waals surface area contributed by atoms with Crippen LogP contribution in [0.2, 0.25) is 0 Å². The van der Waals surface area contributed by atoms with Crippen LogP contribution in [0.25, 0.3) is 11.0 Å². The maximum Gasteiger partial charge on any atom is 0.106 e. The topological polar surface area (TPSA) is 29.9 Å². The summed E-state index contributed by atoms with van der Waals surface area (Å²) in [5.74, 6) is 1.84. The zero-order valence-corrected chi connectivity index (χ0v) is 11.5. The highest BCUT2D eigenvalue weighted by Gasteiger charge is 2.18. The molecule has 0 bridgehead atoms. The molecule has 1 N–H and O–H groups in total. The van der Waals surface area contributed by atoms with Gasteiger partial charge in [-0.25, -0.2) is 4.98 Å². The molecule has 17 heavy (non-hydrogen) atoms. The Kier molecular flexibility index (Phi) is 2.92. The van der Waals surface area contributed by atoms with Gasteiger partial charge in [-0.05, 0) is 60.4 Å². The van der Waals surface area contributed by atoms with Crippen LogP contribution in [0.4, 0.5) is 0 Å². The van der Waals surface area contributed by atoms with E-state index in [1.54, 1.807) is 0 Å². The van der Waals surface area contributed by atoms with E-state index in [0.29, 0.717) is 0 Å². The SMILES string of the molecule is Cc1nc2cccc(Br)c2n1CC1CCNC1. The normalized spacial score (nSPS) is 20.2. The Hall–Kier alpha value is -0.870. The molecule has 4 heteroatoms. The molecule has 0 aliphatic carbocycles. The molecule has 0 amide bonds. The van der Waals surface area contributed by atoms with Gasteiger partial charge in [-0.2, -0.15) is 0 Å². The lowest BCUT2D eigenvalue weighted by atomic mass is 10.1. The monoisotopic (exact) mass is 293 g/mol. The van der Waals surface area contributed by atoms with Crippen molar-refractivity contribution < 1.29 is 0 Å². The molecular weight excluding hydrogens is 278 g/mol. The molecule has 0 saturated carbocycles. The minimum Gasteiger partial charge on any atom is -0.327 e. The number of aromatic nitrogens is 2. The minimum absolute atomic E-state index is 0.734. The number of aryl methyl sites for hydroxylation is 1. The van der Waals surface area contributed by atoms with Crippen molar-refractivity contribution in [2.45, 2.75) is 19.9 Å². The highest BCUT2D eigenvalue weighted by atomic mass is 79.9. The van der Waals surface area contributed by atoms with Gasteiger partial charge in [0.05, 0.1) is 11.0 Å². The second-order valence-corrected chi connectivity index (χ2v) is 5.59. The number of para-hydroxylation sites is 1. The molecule has 1 aliphatic rings. The molecule has 1 saturated heterocycles. The summed E-state index contributed by atoms with van der Waals surface area (Å²) >= 11 is 3.63. The number of fused-ring (bicyclic) bond motifs is 1. The van der Waals surface area contributed by atoms with Gasteiger partial charge in [0.2, 0.25) is 0 Å². The summed E-state index contributed by atoms with van der Waals surface area (Å²) in [6.45, 7) is 5.44. The van der Waals surface area contributed by atoms with Gasteiger partial charge >= 0.3 is 0 Å². The van der Waals surface area contributed by atoms with E-state index in [-0.39, 0.29) is 0 Å². The van der Waals surface area contributed by atoms with Crippen LogP contribution in [0, 0.1) is 12.8 Å². The maximum atomic E-state index is 4.63. The molecule has 2 heterocycles. The number of rotatable bonds is 2. The molecule has 1 unspecified atom stereocenters. The Bertz CT molecular complexity index is 541. The van der Waals surface area contributed by atoms with Crippen LogP contribution in [0.1, 0.15) is 12.2 Å². The summed E-state index contributed by atoms with van der Waals surface area (Å²) < 4.78 is 3.48. The maximum absolute atomic E-state index is 4.63. The van der Waals surface area contributed by atoms with Crippen molar-refractivity contribution in [1.29, 1.82) is 0 Å². The molecule has 1 fully saturated rings. The molecule has 2 aromatic rings. The van der Waals surface area contributed by atoms with Gasteiger partial charge in [-0.15, -0.1) is 0 Å². The van der Waals surface area contributed by atoms with Crippen molar-refractivity contribution in [2.75, 3.05) is 13.1 Å². The number of nitrogens with one attached hydrogen (secondary N) is 1. The molecular formula is C13H16BrN3.